The number of hydrogen-bond donors (Lipinski definition) is 1. The standard InChI is InChI=1S/C16H24O2/c1-9(2)10(3)18-16-7-12-6-15(16)14-5-11(8-17)4-13(12)14/h11-17H,1,3-8H2,2H3. The Bertz CT molecular complexity index is 373. The number of allylic oxidation sites excluding steroid dienone is 1. The molecule has 2 bridgehead atoms. The Morgan fingerprint density at radius 2 is 1.83 bits per heavy atom. The Balaban J connectivity index is 1.66. The van der Waals surface area contributed by atoms with E-state index in [1.165, 1.54) is 25.7 Å². The van der Waals surface area contributed by atoms with Crippen molar-refractivity contribution in [1.29, 1.82) is 0 Å². The zero-order chi connectivity index (χ0) is 12.9. The summed E-state index contributed by atoms with van der Waals surface area (Å²) >= 11 is 0. The molecule has 18 heavy (non-hydrogen) atoms. The first-order valence-electron chi connectivity index (χ1n) is 7.22. The quantitative estimate of drug-likeness (QED) is 0.612. The molecule has 0 radical (unpaired) electrons. The lowest BCUT2D eigenvalue weighted by atomic mass is 9.80. The van der Waals surface area contributed by atoms with Gasteiger partial charge in [0, 0.05) is 6.61 Å². The summed E-state index contributed by atoms with van der Waals surface area (Å²) in [4.78, 5) is 0. The predicted octanol–water partition coefficient (Wildman–Crippen LogP) is 3.14. The van der Waals surface area contributed by atoms with Crippen molar-refractivity contribution in [3.05, 3.63) is 24.5 Å². The molecule has 0 aliphatic heterocycles. The molecule has 3 rings (SSSR count). The van der Waals surface area contributed by atoms with Crippen LogP contribution in [0.1, 0.15) is 32.6 Å². The number of aliphatic hydroxyl groups excluding tert-OH is 1. The zero-order valence-corrected chi connectivity index (χ0v) is 11.3. The number of aliphatic hydroxyl groups is 1. The number of hydrogen-bond acceptors (Lipinski definition) is 2. The molecule has 0 aromatic rings. The van der Waals surface area contributed by atoms with Crippen molar-refractivity contribution in [3.8, 4) is 0 Å². The Labute approximate surface area is 110 Å². The van der Waals surface area contributed by atoms with Gasteiger partial charge in [0.25, 0.3) is 0 Å². The van der Waals surface area contributed by atoms with Gasteiger partial charge in [-0.3, -0.25) is 0 Å². The molecular weight excluding hydrogens is 224 g/mol. The van der Waals surface area contributed by atoms with Gasteiger partial charge in [-0.2, -0.15) is 0 Å². The second kappa shape index (κ2) is 4.41. The largest absolute Gasteiger partial charge is 0.490 e. The summed E-state index contributed by atoms with van der Waals surface area (Å²) in [5.41, 5.74) is 0.939. The van der Waals surface area contributed by atoms with Crippen LogP contribution in [0.25, 0.3) is 0 Å². The van der Waals surface area contributed by atoms with Gasteiger partial charge >= 0.3 is 0 Å². The summed E-state index contributed by atoms with van der Waals surface area (Å²) in [6.45, 7) is 10.2. The van der Waals surface area contributed by atoms with Crippen molar-refractivity contribution in [3.63, 3.8) is 0 Å². The third-order valence-electron chi connectivity index (χ3n) is 5.53. The second-order valence-electron chi connectivity index (χ2n) is 6.60. The van der Waals surface area contributed by atoms with Crippen LogP contribution in [0.3, 0.4) is 0 Å². The van der Waals surface area contributed by atoms with Crippen LogP contribution in [0.2, 0.25) is 0 Å². The van der Waals surface area contributed by atoms with E-state index in [9.17, 15) is 5.11 Å². The number of ether oxygens (including phenoxy) is 1. The molecule has 3 aliphatic rings. The minimum atomic E-state index is 0.359. The summed E-state index contributed by atoms with van der Waals surface area (Å²) in [6.07, 6.45) is 5.34. The maximum atomic E-state index is 9.34. The van der Waals surface area contributed by atoms with Crippen LogP contribution in [0.15, 0.2) is 24.5 Å². The molecule has 0 saturated heterocycles. The summed E-state index contributed by atoms with van der Waals surface area (Å²) in [5.74, 6) is 4.51. The van der Waals surface area contributed by atoms with Gasteiger partial charge in [-0.05, 0) is 67.8 Å². The van der Waals surface area contributed by atoms with E-state index < -0.39 is 0 Å². The van der Waals surface area contributed by atoms with Gasteiger partial charge in [-0.1, -0.05) is 13.2 Å². The summed E-state index contributed by atoms with van der Waals surface area (Å²) in [6, 6.07) is 0. The van der Waals surface area contributed by atoms with Crippen LogP contribution in [0, 0.1) is 29.6 Å². The maximum Gasteiger partial charge on any atom is 0.114 e. The lowest BCUT2D eigenvalue weighted by Gasteiger charge is -2.32. The fourth-order valence-electron chi connectivity index (χ4n) is 4.69. The van der Waals surface area contributed by atoms with Gasteiger partial charge in [0.2, 0.25) is 0 Å². The van der Waals surface area contributed by atoms with Gasteiger partial charge in [0.1, 0.15) is 11.9 Å². The fourth-order valence-corrected chi connectivity index (χ4v) is 4.69. The molecule has 3 fully saturated rings. The monoisotopic (exact) mass is 248 g/mol. The molecule has 3 saturated carbocycles. The molecule has 0 aromatic carbocycles. The second-order valence-corrected chi connectivity index (χ2v) is 6.60. The topological polar surface area (TPSA) is 29.5 Å². The molecule has 3 aliphatic carbocycles. The molecule has 1 N–H and O–H groups in total. The minimum Gasteiger partial charge on any atom is -0.490 e. The molecule has 0 heterocycles. The van der Waals surface area contributed by atoms with Crippen molar-refractivity contribution in [2.75, 3.05) is 6.61 Å². The van der Waals surface area contributed by atoms with E-state index in [1.54, 1.807) is 0 Å². The average Bonchev–Trinajstić information content (AvgIpc) is 2.97. The maximum absolute atomic E-state index is 9.34. The minimum absolute atomic E-state index is 0.359. The molecular formula is C16H24O2. The van der Waals surface area contributed by atoms with E-state index in [-0.39, 0.29) is 0 Å². The highest BCUT2D eigenvalue weighted by atomic mass is 16.5. The van der Waals surface area contributed by atoms with Crippen LogP contribution in [-0.4, -0.2) is 17.8 Å². The normalized spacial score (nSPS) is 45.0. The predicted molar refractivity (Wildman–Crippen MR) is 71.8 cm³/mol. The van der Waals surface area contributed by atoms with E-state index in [0.29, 0.717) is 24.5 Å². The highest BCUT2D eigenvalue weighted by Gasteiger charge is 2.56. The van der Waals surface area contributed by atoms with Crippen LogP contribution < -0.4 is 0 Å². The average molecular weight is 248 g/mol. The van der Waals surface area contributed by atoms with E-state index in [1.807, 2.05) is 6.92 Å². The number of rotatable bonds is 4. The fraction of sp³-hybridized carbons (Fsp3) is 0.750. The summed E-state index contributed by atoms with van der Waals surface area (Å²) in [7, 11) is 0. The molecule has 0 amide bonds. The van der Waals surface area contributed by atoms with E-state index in [0.717, 1.165) is 29.1 Å². The van der Waals surface area contributed by atoms with E-state index >= 15 is 0 Å². The molecule has 0 spiro atoms. The Morgan fingerprint density at radius 1 is 1.11 bits per heavy atom. The lowest BCUT2D eigenvalue weighted by molar-refractivity contribution is 0.0357. The lowest BCUT2D eigenvalue weighted by Crippen LogP contribution is -2.30. The van der Waals surface area contributed by atoms with Gasteiger partial charge in [-0.15, -0.1) is 0 Å². The van der Waals surface area contributed by atoms with E-state index in [2.05, 4.69) is 13.2 Å². The van der Waals surface area contributed by atoms with Gasteiger partial charge < -0.3 is 9.84 Å². The van der Waals surface area contributed by atoms with Crippen molar-refractivity contribution in [2.24, 2.45) is 29.6 Å². The van der Waals surface area contributed by atoms with E-state index in [4.69, 9.17) is 4.74 Å². The highest BCUT2D eigenvalue weighted by Crippen LogP contribution is 2.60. The Hall–Kier alpha value is -0.760. The molecule has 2 nitrogen and oxygen atoms in total. The first-order chi connectivity index (χ1) is 8.60. The first-order valence-corrected chi connectivity index (χ1v) is 7.22. The highest BCUT2D eigenvalue weighted by molar-refractivity contribution is 5.17. The zero-order valence-electron chi connectivity index (χ0n) is 11.3. The van der Waals surface area contributed by atoms with Crippen molar-refractivity contribution >= 4 is 0 Å². The molecule has 2 heteroatoms. The SMILES string of the molecule is C=C(C)C(=C)OC1CC2CC1C1CC(CO)CC21. The molecule has 0 aromatic heterocycles. The van der Waals surface area contributed by atoms with Crippen LogP contribution >= 0.6 is 0 Å². The summed E-state index contributed by atoms with van der Waals surface area (Å²) < 4.78 is 6.03. The van der Waals surface area contributed by atoms with Crippen LogP contribution in [0.5, 0.6) is 0 Å². The molecule has 6 atom stereocenters. The Kier molecular flexibility index (Phi) is 3.01. The molecule has 100 valence electrons. The van der Waals surface area contributed by atoms with Crippen molar-refractivity contribution < 1.29 is 9.84 Å². The van der Waals surface area contributed by atoms with Crippen LogP contribution in [-0.2, 0) is 4.74 Å². The van der Waals surface area contributed by atoms with Crippen molar-refractivity contribution in [1.82, 2.24) is 0 Å². The first kappa shape index (κ1) is 12.3. The molecule has 6 unspecified atom stereocenters. The third kappa shape index (κ3) is 1.82. The third-order valence-corrected chi connectivity index (χ3v) is 5.53. The Morgan fingerprint density at radius 3 is 2.50 bits per heavy atom. The van der Waals surface area contributed by atoms with Crippen molar-refractivity contribution in [2.45, 2.75) is 38.7 Å². The van der Waals surface area contributed by atoms with Crippen LogP contribution in [0.4, 0.5) is 0 Å². The van der Waals surface area contributed by atoms with Gasteiger partial charge in [0.05, 0.1) is 0 Å². The van der Waals surface area contributed by atoms with Gasteiger partial charge in [-0.25, -0.2) is 0 Å². The summed E-state index contributed by atoms with van der Waals surface area (Å²) in [5, 5.41) is 9.34. The smallest absolute Gasteiger partial charge is 0.114 e. The van der Waals surface area contributed by atoms with Gasteiger partial charge in [0.15, 0.2) is 0 Å². The number of fused-ring (bicyclic) bond motifs is 5.